The third-order valence-corrected chi connectivity index (χ3v) is 2.60. The number of nitrogens with zero attached hydrogens (tertiary/aromatic N) is 1. The Labute approximate surface area is 97.7 Å². The summed E-state index contributed by atoms with van der Waals surface area (Å²) in [5.41, 5.74) is 0. The largest absolute Gasteiger partial charge is 0.471 e. The first kappa shape index (κ1) is 14.8. The number of likely N-dealkylation sites (tertiary alicyclic amines) is 1. The number of amides is 1. The lowest BCUT2D eigenvalue weighted by Gasteiger charge is -2.32. The fourth-order valence-electron chi connectivity index (χ4n) is 1.79. The highest BCUT2D eigenvalue weighted by Crippen LogP contribution is 2.29. The molecule has 1 atom stereocenters. The van der Waals surface area contributed by atoms with Gasteiger partial charge in [0.15, 0.2) is 0 Å². The molecule has 0 aromatic rings. The number of carbonyl (C=O) groups is 2. The number of hydrogen-bond acceptors (Lipinski definition) is 2. The Kier molecular flexibility index (Phi) is 3.92. The molecule has 0 saturated carbocycles. The van der Waals surface area contributed by atoms with Gasteiger partial charge in [-0.3, -0.25) is 9.59 Å². The first-order valence-corrected chi connectivity index (χ1v) is 5.00. The van der Waals surface area contributed by atoms with Gasteiger partial charge in [-0.15, -0.1) is 0 Å². The molecule has 1 amide bonds. The van der Waals surface area contributed by atoms with Gasteiger partial charge >= 0.3 is 18.3 Å². The maximum atomic E-state index is 12.1. The molecule has 0 aliphatic carbocycles. The van der Waals surface area contributed by atoms with Crippen molar-refractivity contribution in [2.24, 2.45) is 5.92 Å². The van der Waals surface area contributed by atoms with Gasteiger partial charge in [0.25, 0.3) is 0 Å². The van der Waals surface area contributed by atoms with Crippen molar-refractivity contribution in [2.45, 2.75) is 25.2 Å². The lowest BCUT2D eigenvalue weighted by Crippen LogP contribution is -2.49. The summed E-state index contributed by atoms with van der Waals surface area (Å²) < 4.78 is 72.7. The van der Waals surface area contributed by atoms with Gasteiger partial charge in [0, 0.05) is 19.0 Å². The summed E-state index contributed by atoms with van der Waals surface area (Å²) in [5, 5.41) is 0. The summed E-state index contributed by atoms with van der Waals surface area (Å²) in [5.74, 6) is -5.89. The van der Waals surface area contributed by atoms with Crippen LogP contribution < -0.4 is 0 Å². The van der Waals surface area contributed by atoms with Crippen molar-refractivity contribution in [2.75, 3.05) is 13.1 Å². The molecular formula is C9H9F6NO2. The maximum absolute atomic E-state index is 12.1. The molecule has 1 aliphatic rings. The van der Waals surface area contributed by atoms with E-state index in [1.165, 1.54) is 0 Å². The molecule has 1 saturated heterocycles. The predicted octanol–water partition coefficient (Wildman–Crippen LogP) is 1.92. The first-order valence-electron chi connectivity index (χ1n) is 5.00. The Morgan fingerprint density at radius 1 is 1.00 bits per heavy atom. The number of piperidine rings is 1. The summed E-state index contributed by atoms with van der Waals surface area (Å²) in [7, 11) is 0. The molecule has 104 valence electrons. The number of carbonyl (C=O) groups excluding carboxylic acids is 2. The highest BCUT2D eigenvalue weighted by molar-refractivity contribution is 5.88. The summed E-state index contributed by atoms with van der Waals surface area (Å²) in [4.78, 5) is 22.0. The Morgan fingerprint density at radius 2 is 1.56 bits per heavy atom. The smallest absolute Gasteiger partial charge is 0.334 e. The van der Waals surface area contributed by atoms with Crippen LogP contribution in [0.4, 0.5) is 26.3 Å². The molecule has 1 rings (SSSR count). The average Bonchev–Trinajstić information content (AvgIpc) is 2.24. The molecule has 1 fully saturated rings. The van der Waals surface area contributed by atoms with Crippen molar-refractivity contribution in [3.63, 3.8) is 0 Å². The van der Waals surface area contributed by atoms with E-state index in [1.807, 2.05) is 0 Å². The number of hydrogen-bond donors (Lipinski definition) is 0. The van der Waals surface area contributed by atoms with Gasteiger partial charge in [-0.2, -0.15) is 26.3 Å². The van der Waals surface area contributed by atoms with Gasteiger partial charge in [0.1, 0.15) is 0 Å². The zero-order valence-corrected chi connectivity index (χ0v) is 8.94. The van der Waals surface area contributed by atoms with Crippen LogP contribution in [-0.4, -0.2) is 42.0 Å². The maximum Gasteiger partial charge on any atom is 0.471 e. The van der Waals surface area contributed by atoms with Crippen LogP contribution in [0.3, 0.4) is 0 Å². The van der Waals surface area contributed by atoms with E-state index in [-0.39, 0.29) is 24.3 Å². The SMILES string of the molecule is O=C([C@H]1CCCN(C(=O)C(F)(F)F)C1)C(F)(F)F. The summed E-state index contributed by atoms with van der Waals surface area (Å²) in [6, 6.07) is 0. The molecule has 18 heavy (non-hydrogen) atoms. The van der Waals surface area contributed by atoms with Crippen LogP contribution in [-0.2, 0) is 9.59 Å². The van der Waals surface area contributed by atoms with Crippen LogP contribution in [0, 0.1) is 5.92 Å². The zero-order valence-electron chi connectivity index (χ0n) is 8.94. The van der Waals surface area contributed by atoms with Crippen LogP contribution in [0.15, 0.2) is 0 Å². The predicted molar refractivity (Wildman–Crippen MR) is 46.4 cm³/mol. The third-order valence-electron chi connectivity index (χ3n) is 2.60. The lowest BCUT2D eigenvalue weighted by atomic mass is 9.93. The third kappa shape index (κ3) is 3.36. The van der Waals surface area contributed by atoms with Crippen molar-refractivity contribution >= 4 is 11.7 Å². The molecule has 1 heterocycles. The quantitative estimate of drug-likeness (QED) is 0.687. The number of ketones is 1. The normalized spacial score (nSPS) is 21.9. The topological polar surface area (TPSA) is 37.4 Å². The van der Waals surface area contributed by atoms with Crippen LogP contribution in [0.5, 0.6) is 0 Å². The lowest BCUT2D eigenvalue weighted by molar-refractivity contribution is -0.190. The van der Waals surface area contributed by atoms with Crippen LogP contribution in [0.2, 0.25) is 0 Å². The Morgan fingerprint density at radius 3 is 2.00 bits per heavy atom. The van der Waals surface area contributed by atoms with Crippen molar-refractivity contribution in [1.29, 1.82) is 0 Å². The van der Waals surface area contributed by atoms with Gasteiger partial charge < -0.3 is 4.90 Å². The van der Waals surface area contributed by atoms with Gasteiger partial charge in [-0.05, 0) is 12.8 Å². The number of halogens is 6. The molecule has 0 aromatic heterocycles. The van der Waals surface area contributed by atoms with E-state index >= 15 is 0 Å². The van der Waals surface area contributed by atoms with Gasteiger partial charge in [0.05, 0.1) is 0 Å². The van der Waals surface area contributed by atoms with Gasteiger partial charge in [-0.25, -0.2) is 0 Å². The zero-order chi connectivity index (χ0) is 14.1. The second kappa shape index (κ2) is 4.77. The summed E-state index contributed by atoms with van der Waals surface area (Å²) in [6.45, 7) is -1.13. The van der Waals surface area contributed by atoms with E-state index < -0.39 is 36.5 Å². The van der Waals surface area contributed by atoms with E-state index in [2.05, 4.69) is 0 Å². The Hall–Kier alpha value is -1.28. The number of Topliss-reactive ketones (excluding diaryl/α,β-unsaturated/α-hetero) is 1. The highest BCUT2D eigenvalue weighted by Gasteiger charge is 2.48. The Balaban J connectivity index is 2.74. The van der Waals surface area contributed by atoms with Crippen molar-refractivity contribution in [1.82, 2.24) is 4.90 Å². The Bertz CT molecular complexity index is 316. The van der Waals surface area contributed by atoms with Crippen molar-refractivity contribution in [3.8, 4) is 0 Å². The molecule has 0 spiro atoms. The van der Waals surface area contributed by atoms with E-state index in [0.717, 1.165) is 0 Å². The fraction of sp³-hybridized carbons (Fsp3) is 0.778. The monoisotopic (exact) mass is 277 g/mol. The fourth-order valence-corrected chi connectivity index (χ4v) is 1.79. The molecule has 1 aliphatic heterocycles. The van der Waals surface area contributed by atoms with E-state index in [9.17, 15) is 35.9 Å². The average molecular weight is 277 g/mol. The van der Waals surface area contributed by atoms with Crippen molar-refractivity contribution in [3.05, 3.63) is 0 Å². The minimum Gasteiger partial charge on any atom is -0.334 e. The second-order valence-electron chi connectivity index (χ2n) is 3.95. The van der Waals surface area contributed by atoms with Gasteiger partial charge in [0.2, 0.25) is 5.78 Å². The van der Waals surface area contributed by atoms with Crippen molar-refractivity contribution < 1.29 is 35.9 Å². The summed E-state index contributed by atoms with van der Waals surface area (Å²) >= 11 is 0. The van der Waals surface area contributed by atoms with Crippen LogP contribution in [0.25, 0.3) is 0 Å². The second-order valence-corrected chi connectivity index (χ2v) is 3.95. The molecule has 0 N–H and O–H groups in total. The molecule has 0 aromatic carbocycles. The van der Waals surface area contributed by atoms with E-state index in [4.69, 9.17) is 0 Å². The van der Waals surface area contributed by atoms with E-state index in [0.29, 0.717) is 0 Å². The molecule has 3 nitrogen and oxygen atoms in total. The molecular weight excluding hydrogens is 268 g/mol. The first-order chi connectivity index (χ1) is 8.03. The molecule has 0 unspecified atom stereocenters. The van der Waals surface area contributed by atoms with Crippen LogP contribution >= 0.6 is 0 Å². The number of rotatable bonds is 1. The minimum atomic E-state index is -5.14. The van der Waals surface area contributed by atoms with Crippen LogP contribution in [0.1, 0.15) is 12.8 Å². The molecule has 0 bridgehead atoms. The molecule has 9 heteroatoms. The number of alkyl halides is 6. The highest BCUT2D eigenvalue weighted by atomic mass is 19.4. The van der Waals surface area contributed by atoms with E-state index in [1.54, 1.807) is 0 Å². The molecule has 0 radical (unpaired) electrons. The van der Waals surface area contributed by atoms with Gasteiger partial charge in [-0.1, -0.05) is 0 Å². The summed E-state index contributed by atoms with van der Waals surface area (Å²) in [6.07, 6.45) is -10.5. The minimum absolute atomic E-state index is 0.0612. The standard InChI is InChI=1S/C9H9F6NO2/c10-8(11,12)6(17)5-2-1-3-16(4-5)7(18)9(13,14)15/h5H,1-4H2/t5-/m0/s1.